The van der Waals surface area contributed by atoms with Crippen LogP contribution in [0.3, 0.4) is 0 Å². The van der Waals surface area contributed by atoms with Gasteiger partial charge in [-0.3, -0.25) is 14.5 Å². The van der Waals surface area contributed by atoms with Crippen molar-refractivity contribution >= 4 is 17.5 Å². The zero-order valence-electron chi connectivity index (χ0n) is 16.7. The van der Waals surface area contributed by atoms with Crippen molar-refractivity contribution in [1.82, 2.24) is 15.6 Å². The van der Waals surface area contributed by atoms with Crippen LogP contribution in [0.15, 0.2) is 46.1 Å². The number of nitrogens with one attached hydrogen (secondary N) is 2. The van der Waals surface area contributed by atoms with E-state index in [1.54, 1.807) is 26.2 Å². The highest BCUT2D eigenvalue weighted by Crippen LogP contribution is 2.23. The summed E-state index contributed by atoms with van der Waals surface area (Å²) in [7, 11) is 1.66. The van der Waals surface area contributed by atoms with E-state index in [2.05, 4.69) is 20.7 Å². The quantitative estimate of drug-likeness (QED) is 0.423. The van der Waals surface area contributed by atoms with Crippen LogP contribution in [0.5, 0.6) is 5.75 Å². The number of amides is 2. The average Bonchev–Trinajstić information content (AvgIpc) is 3.44. The Bertz CT molecular complexity index is 871. The van der Waals surface area contributed by atoms with Crippen LogP contribution in [0.25, 0.3) is 0 Å². The summed E-state index contributed by atoms with van der Waals surface area (Å²) in [5.41, 5.74) is 4.83. The third-order valence-electron chi connectivity index (χ3n) is 4.83. The standard InChI is InChI=1S/C21H26N4O4/c1-15(23-24-21(27)20(26)22-13-18-6-5-11-29-18)16-7-8-19(28-2)17(12-16)14-25-9-3-4-10-25/h5-8,11-12H,3-4,9-10,13-14H2,1-2H3,(H,22,26)(H,24,27)/b23-15-. The second kappa shape index (κ2) is 9.88. The van der Waals surface area contributed by atoms with Gasteiger partial charge < -0.3 is 14.5 Å². The summed E-state index contributed by atoms with van der Waals surface area (Å²) in [6.45, 7) is 4.90. The first-order valence-electron chi connectivity index (χ1n) is 9.61. The highest BCUT2D eigenvalue weighted by Gasteiger charge is 2.16. The van der Waals surface area contributed by atoms with Crippen LogP contribution in [-0.2, 0) is 22.7 Å². The smallest absolute Gasteiger partial charge is 0.329 e. The number of carbonyl (C=O) groups excluding carboxylic acids is 2. The summed E-state index contributed by atoms with van der Waals surface area (Å²) in [5, 5.41) is 6.54. The third kappa shape index (κ3) is 5.68. The van der Waals surface area contributed by atoms with Gasteiger partial charge in [-0.05, 0) is 68.8 Å². The zero-order chi connectivity index (χ0) is 20.6. The number of carbonyl (C=O) groups is 2. The van der Waals surface area contributed by atoms with Gasteiger partial charge in [0.1, 0.15) is 11.5 Å². The lowest BCUT2D eigenvalue weighted by Crippen LogP contribution is -2.37. The molecule has 2 heterocycles. The van der Waals surface area contributed by atoms with Gasteiger partial charge in [-0.15, -0.1) is 0 Å². The highest BCUT2D eigenvalue weighted by atomic mass is 16.5. The Morgan fingerprint density at radius 1 is 1.21 bits per heavy atom. The molecule has 1 fully saturated rings. The van der Waals surface area contributed by atoms with Gasteiger partial charge in [-0.2, -0.15) is 5.10 Å². The minimum absolute atomic E-state index is 0.139. The van der Waals surface area contributed by atoms with Crippen molar-refractivity contribution in [3.05, 3.63) is 53.5 Å². The fraction of sp³-hybridized carbons (Fsp3) is 0.381. The molecule has 3 rings (SSSR count). The fourth-order valence-electron chi connectivity index (χ4n) is 3.22. The van der Waals surface area contributed by atoms with Crippen molar-refractivity contribution < 1.29 is 18.7 Å². The molecule has 2 amide bonds. The summed E-state index contributed by atoms with van der Waals surface area (Å²) in [6, 6.07) is 9.22. The largest absolute Gasteiger partial charge is 0.496 e. The molecule has 154 valence electrons. The molecule has 1 aliphatic rings. The molecule has 0 aliphatic carbocycles. The molecule has 0 unspecified atom stereocenters. The topological polar surface area (TPSA) is 96.2 Å². The molecule has 0 bridgehead atoms. The molecule has 8 nitrogen and oxygen atoms in total. The summed E-state index contributed by atoms with van der Waals surface area (Å²) in [4.78, 5) is 26.2. The molecule has 29 heavy (non-hydrogen) atoms. The summed E-state index contributed by atoms with van der Waals surface area (Å²) in [5.74, 6) is -0.214. The lowest BCUT2D eigenvalue weighted by molar-refractivity contribution is -0.139. The van der Waals surface area contributed by atoms with Gasteiger partial charge in [0.25, 0.3) is 0 Å². The molecule has 0 radical (unpaired) electrons. The Morgan fingerprint density at radius 2 is 2.00 bits per heavy atom. The fourth-order valence-corrected chi connectivity index (χ4v) is 3.22. The van der Waals surface area contributed by atoms with E-state index in [9.17, 15) is 9.59 Å². The van der Waals surface area contributed by atoms with Gasteiger partial charge in [-0.25, -0.2) is 5.43 Å². The van der Waals surface area contributed by atoms with E-state index in [4.69, 9.17) is 9.15 Å². The minimum atomic E-state index is -0.832. The number of nitrogens with zero attached hydrogens (tertiary/aromatic N) is 2. The molecule has 1 aromatic carbocycles. The number of hydrazone groups is 1. The SMILES string of the molecule is COc1ccc(/C(C)=N\NC(=O)C(=O)NCc2ccco2)cc1CN1CCCC1. The number of methoxy groups -OCH3 is 1. The van der Waals surface area contributed by atoms with Crippen molar-refractivity contribution in [3.8, 4) is 5.75 Å². The van der Waals surface area contributed by atoms with E-state index >= 15 is 0 Å². The second-order valence-corrected chi connectivity index (χ2v) is 6.91. The predicted molar refractivity (Wildman–Crippen MR) is 108 cm³/mol. The molecule has 1 saturated heterocycles. The summed E-state index contributed by atoms with van der Waals surface area (Å²) < 4.78 is 10.6. The molecule has 1 aromatic heterocycles. The number of benzene rings is 1. The van der Waals surface area contributed by atoms with Crippen molar-refractivity contribution in [1.29, 1.82) is 0 Å². The Morgan fingerprint density at radius 3 is 2.69 bits per heavy atom. The van der Waals surface area contributed by atoms with Gasteiger partial charge in [0.2, 0.25) is 0 Å². The van der Waals surface area contributed by atoms with Gasteiger partial charge in [0.15, 0.2) is 0 Å². The van der Waals surface area contributed by atoms with Gasteiger partial charge in [-0.1, -0.05) is 0 Å². The van der Waals surface area contributed by atoms with Crippen molar-refractivity contribution in [2.24, 2.45) is 5.10 Å². The summed E-state index contributed by atoms with van der Waals surface area (Å²) >= 11 is 0. The molecule has 1 aliphatic heterocycles. The number of hydrogen-bond donors (Lipinski definition) is 2. The average molecular weight is 398 g/mol. The maximum atomic E-state index is 11.9. The number of furan rings is 1. The van der Waals surface area contributed by atoms with E-state index in [-0.39, 0.29) is 6.54 Å². The van der Waals surface area contributed by atoms with Crippen LogP contribution in [0, 0.1) is 0 Å². The molecule has 0 spiro atoms. The van der Waals surface area contributed by atoms with Crippen LogP contribution in [0.4, 0.5) is 0 Å². The number of likely N-dealkylation sites (tertiary alicyclic amines) is 1. The summed E-state index contributed by atoms with van der Waals surface area (Å²) in [6.07, 6.45) is 3.94. The third-order valence-corrected chi connectivity index (χ3v) is 4.83. The van der Waals surface area contributed by atoms with Crippen molar-refractivity contribution in [3.63, 3.8) is 0 Å². The monoisotopic (exact) mass is 398 g/mol. The van der Waals surface area contributed by atoms with Crippen LogP contribution < -0.4 is 15.5 Å². The lowest BCUT2D eigenvalue weighted by Gasteiger charge is -2.17. The first-order valence-corrected chi connectivity index (χ1v) is 9.61. The highest BCUT2D eigenvalue weighted by molar-refractivity contribution is 6.35. The first-order chi connectivity index (χ1) is 14.1. The molecule has 2 aromatic rings. The molecule has 0 saturated carbocycles. The van der Waals surface area contributed by atoms with Crippen LogP contribution in [-0.4, -0.2) is 42.6 Å². The Labute approximate surface area is 169 Å². The van der Waals surface area contributed by atoms with Gasteiger partial charge in [0, 0.05) is 12.1 Å². The van der Waals surface area contributed by atoms with Crippen molar-refractivity contribution in [2.45, 2.75) is 32.9 Å². The van der Waals surface area contributed by atoms with Crippen molar-refractivity contribution in [2.75, 3.05) is 20.2 Å². The van der Waals surface area contributed by atoms with E-state index in [1.807, 2.05) is 18.2 Å². The number of rotatable bonds is 7. The molecular weight excluding hydrogens is 372 g/mol. The normalized spacial score (nSPS) is 14.6. The van der Waals surface area contributed by atoms with E-state index in [0.29, 0.717) is 11.5 Å². The number of ether oxygens (including phenoxy) is 1. The molecule has 8 heteroatoms. The second-order valence-electron chi connectivity index (χ2n) is 6.91. The van der Waals surface area contributed by atoms with E-state index < -0.39 is 11.8 Å². The van der Waals surface area contributed by atoms with E-state index in [0.717, 1.165) is 36.5 Å². The van der Waals surface area contributed by atoms with Crippen LogP contribution in [0.1, 0.15) is 36.7 Å². The van der Waals surface area contributed by atoms with Gasteiger partial charge >= 0.3 is 11.8 Å². The maximum absolute atomic E-state index is 11.9. The molecule has 0 atom stereocenters. The Hall–Kier alpha value is -3.13. The minimum Gasteiger partial charge on any atom is -0.496 e. The van der Waals surface area contributed by atoms with Crippen LogP contribution >= 0.6 is 0 Å². The maximum Gasteiger partial charge on any atom is 0.329 e. The lowest BCUT2D eigenvalue weighted by atomic mass is 10.1. The Balaban J connectivity index is 1.60. The number of hydrogen-bond acceptors (Lipinski definition) is 6. The van der Waals surface area contributed by atoms with Crippen LogP contribution in [0.2, 0.25) is 0 Å². The molecule has 2 N–H and O–H groups in total. The molecular formula is C21H26N4O4. The predicted octanol–water partition coefficient (Wildman–Crippen LogP) is 2.04. The van der Waals surface area contributed by atoms with Gasteiger partial charge in [0.05, 0.1) is 25.6 Å². The zero-order valence-corrected chi connectivity index (χ0v) is 16.7. The first kappa shape index (κ1) is 20.6. The Kier molecular flexibility index (Phi) is 7.02. The van der Waals surface area contributed by atoms with E-state index in [1.165, 1.54) is 19.1 Å².